The zero-order valence-corrected chi connectivity index (χ0v) is 9.55. The van der Waals surface area contributed by atoms with E-state index in [4.69, 9.17) is 17.3 Å². The van der Waals surface area contributed by atoms with E-state index in [9.17, 15) is 4.39 Å². The lowest BCUT2D eigenvalue weighted by Gasteiger charge is -2.16. The first-order valence-corrected chi connectivity index (χ1v) is 5.19. The monoisotopic (exact) mass is 231 g/mol. The van der Waals surface area contributed by atoms with Gasteiger partial charge in [0, 0.05) is 18.8 Å². The van der Waals surface area contributed by atoms with Crippen LogP contribution in [-0.2, 0) is 0 Å². The Morgan fingerprint density at radius 2 is 2.27 bits per heavy atom. The van der Waals surface area contributed by atoms with Crippen LogP contribution in [0, 0.1) is 11.7 Å². The second-order valence-corrected chi connectivity index (χ2v) is 4.21. The lowest BCUT2D eigenvalue weighted by Crippen LogP contribution is -2.34. The van der Waals surface area contributed by atoms with Crippen molar-refractivity contribution in [3.63, 3.8) is 0 Å². The second-order valence-electron chi connectivity index (χ2n) is 3.77. The number of aromatic nitrogens is 1. The average Bonchev–Trinajstić information content (AvgIpc) is 2.15. The first kappa shape index (κ1) is 12.2. The van der Waals surface area contributed by atoms with E-state index in [0.717, 1.165) is 0 Å². The summed E-state index contributed by atoms with van der Waals surface area (Å²) >= 11 is 5.58. The fraction of sp³-hybridized carbons (Fsp3) is 0.500. The Balaban J connectivity index is 2.58. The fourth-order valence-corrected chi connectivity index (χ4v) is 1.14. The van der Waals surface area contributed by atoms with Crippen molar-refractivity contribution in [2.75, 3.05) is 11.9 Å². The molecule has 3 N–H and O–H groups in total. The first-order valence-electron chi connectivity index (χ1n) is 4.81. The highest BCUT2D eigenvalue weighted by molar-refractivity contribution is 6.30. The molecule has 3 nitrogen and oxygen atoms in total. The van der Waals surface area contributed by atoms with Crippen molar-refractivity contribution >= 4 is 17.4 Å². The van der Waals surface area contributed by atoms with Gasteiger partial charge >= 0.3 is 0 Å². The van der Waals surface area contributed by atoms with E-state index in [0.29, 0.717) is 12.5 Å². The minimum Gasteiger partial charge on any atom is -0.366 e. The van der Waals surface area contributed by atoms with E-state index < -0.39 is 5.82 Å². The van der Waals surface area contributed by atoms with Crippen LogP contribution in [0.25, 0.3) is 0 Å². The summed E-state index contributed by atoms with van der Waals surface area (Å²) in [5.74, 6) is 0.0711. The molecule has 0 fully saturated rings. The molecule has 1 unspecified atom stereocenters. The number of nitrogens with two attached hydrogens (primary N) is 1. The molecule has 0 aliphatic heterocycles. The Hall–Kier alpha value is -0.870. The Morgan fingerprint density at radius 1 is 1.60 bits per heavy atom. The molecule has 1 rings (SSSR count). The van der Waals surface area contributed by atoms with Crippen LogP contribution < -0.4 is 11.1 Å². The molecule has 0 saturated carbocycles. The minimum atomic E-state index is -0.460. The van der Waals surface area contributed by atoms with Crippen LogP contribution >= 0.6 is 11.6 Å². The normalized spacial score (nSPS) is 12.9. The number of halogens is 2. The van der Waals surface area contributed by atoms with Crippen LogP contribution in [0.3, 0.4) is 0 Å². The summed E-state index contributed by atoms with van der Waals surface area (Å²) < 4.78 is 13.3. The van der Waals surface area contributed by atoms with Crippen molar-refractivity contribution in [2.45, 2.75) is 19.9 Å². The number of nitrogens with zero attached hydrogens (tertiary/aromatic N) is 1. The third-order valence-corrected chi connectivity index (χ3v) is 2.38. The highest BCUT2D eigenvalue weighted by Crippen LogP contribution is 2.15. The molecule has 0 aliphatic rings. The second kappa shape index (κ2) is 5.28. The van der Waals surface area contributed by atoms with E-state index in [-0.39, 0.29) is 16.9 Å². The number of pyridine rings is 1. The Bertz CT molecular complexity index is 330. The van der Waals surface area contributed by atoms with Crippen LogP contribution in [-0.4, -0.2) is 17.6 Å². The van der Waals surface area contributed by atoms with Crippen LogP contribution in [0.2, 0.25) is 5.02 Å². The molecule has 15 heavy (non-hydrogen) atoms. The molecule has 1 aromatic rings. The molecule has 1 heterocycles. The first-order chi connectivity index (χ1) is 7.00. The maximum Gasteiger partial charge on any atom is 0.166 e. The van der Waals surface area contributed by atoms with Gasteiger partial charge in [-0.05, 0) is 12.0 Å². The Morgan fingerprint density at radius 3 is 2.80 bits per heavy atom. The Kier molecular flexibility index (Phi) is 4.29. The van der Waals surface area contributed by atoms with Crippen LogP contribution in [0.1, 0.15) is 13.8 Å². The van der Waals surface area contributed by atoms with Gasteiger partial charge in [-0.2, -0.15) is 0 Å². The number of hydrogen-bond acceptors (Lipinski definition) is 3. The largest absolute Gasteiger partial charge is 0.366 e. The van der Waals surface area contributed by atoms with Crippen molar-refractivity contribution < 1.29 is 4.39 Å². The summed E-state index contributed by atoms with van der Waals surface area (Å²) in [6, 6.07) is 1.19. The highest BCUT2D eigenvalue weighted by Gasteiger charge is 2.09. The summed E-state index contributed by atoms with van der Waals surface area (Å²) in [5, 5.41) is 3.14. The van der Waals surface area contributed by atoms with Crippen LogP contribution in [0.5, 0.6) is 0 Å². The van der Waals surface area contributed by atoms with Gasteiger partial charge in [0.25, 0.3) is 0 Å². The van der Waals surface area contributed by atoms with E-state index in [1.54, 1.807) is 0 Å². The van der Waals surface area contributed by atoms with Crippen molar-refractivity contribution in [3.8, 4) is 0 Å². The van der Waals surface area contributed by atoms with Crippen LogP contribution in [0.4, 0.5) is 10.2 Å². The van der Waals surface area contributed by atoms with Gasteiger partial charge in [0.1, 0.15) is 0 Å². The molecule has 5 heteroatoms. The molecule has 1 atom stereocenters. The number of nitrogens with one attached hydrogen (secondary N) is 1. The zero-order valence-electron chi connectivity index (χ0n) is 8.80. The molecule has 0 saturated heterocycles. The number of hydrogen-bond donors (Lipinski definition) is 2. The average molecular weight is 232 g/mol. The molecular weight excluding hydrogens is 217 g/mol. The lowest BCUT2D eigenvalue weighted by atomic mass is 10.1. The van der Waals surface area contributed by atoms with E-state index in [1.165, 1.54) is 12.3 Å². The lowest BCUT2D eigenvalue weighted by molar-refractivity contribution is 0.509. The molecule has 0 radical (unpaired) electrons. The molecule has 0 aliphatic carbocycles. The van der Waals surface area contributed by atoms with Gasteiger partial charge in [0.15, 0.2) is 11.6 Å². The molecule has 0 bridgehead atoms. The van der Waals surface area contributed by atoms with Gasteiger partial charge in [-0.1, -0.05) is 25.4 Å². The third-order valence-electron chi connectivity index (χ3n) is 2.17. The van der Waals surface area contributed by atoms with E-state index in [1.807, 2.05) is 13.8 Å². The molecular formula is C10H15ClFN3. The maximum absolute atomic E-state index is 13.3. The predicted molar refractivity (Wildman–Crippen MR) is 60.5 cm³/mol. The predicted octanol–water partition coefficient (Wildman–Crippen LogP) is 2.27. The molecule has 0 spiro atoms. The highest BCUT2D eigenvalue weighted by atomic mass is 35.5. The summed E-state index contributed by atoms with van der Waals surface area (Å²) in [5.41, 5.74) is 5.81. The zero-order chi connectivity index (χ0) is 11.4. The van der Waals surface area contributed by atoms with Crippen molar-refractivity contribution in [3.05, 3.63) is 23.1 Å². The number of rotatable bonds is 4. The van der Waals surface area contributed by atoms with Gasteiger partial charge in [-0.25, -0.2) is 9.37 Å². The molecule has 0 aromatic carbocycles. The summed E-state index contributed by atoms with van der Waals surface area (Å²) in [4.78, 5) is 3.84. The van der Waals surface area contributed by atoms with Gasteiger partial charge in [0.05, 0.1) is 5.02 Å². The number of anilines is 1. The van der Waals surface area contributed by atoms with Gasteiger partial charge in [0.2, 0.25) is 0 Å². The van der Waals surface area contributed by atoms with Crippen molar-refractivity contribution in [1.82, 2.24) is 4.98 Å². The molecule has 84 valence electrons. The van der Waals surface area contributed by atoms with Crippen LogP contribution in [0.15, 0.2) is 12.3 Å². The van der Waals surface area contributed by atoms with Gasteiger partial charge in [-0.15, -0.1) is 0 Å². The summed E-state index contributed by atoms with van der Waals surface area (Å²) in [6.45, 7) is 4.51. The Labute approximate surface area is 93.8 Å². The smallest absolute Gasteiger partial charge is 0.166 e. The SMILES string of the molecule is CC(C)C(N)CNc1ncc(Cl)cc1F. The summed E-state index contributed by atoms with van der Waals surface area (Å²) in [7, 11) is 0. The van der Waals surface area contributed by atoms with Gasteiger partial charge < -0.3 is 11.1 Å². The van der Waals surface area contributed by atoms with Crippen molar-refractivity contribution in [2.24, 2.45) is 11.7 Å². The molecule has 1 aromatic heterocycles. The maximum atomic E-state index is 13.3. The van der Waals surface area contributed by atoms with Crippen molar-refractivity contribution in [1.29, 1.82) is 0 Å². The minimum absolute atomic E-state index is 0.0260. The fourth-order valence-electron chi connectivity index (χ4n) is 0.995. The summed E-state index contributed by atoms with van der Waals surface area (Å²) in [6.07, 6.45) is 1.40. The molecule has 0 amide bonds. The van der Waals surface area contributed by atoms with E-state index >= 15 is 0 Å². The topological polar surface area (TPSA) is 50.9 Å². The quantitative estimate of drug-likeness (QED) is 0.836. The van der Waals surface area contributed by atoms with Gasteiger partial charge in [-0.3, -0.25) is 0 Å². The third kappa shape index (κ3) is 3.64. The van der Waals surface area contributed by atoms with E-state index in [2.05, 4.69) is 10.3 Å². The standard InChI is InChI=1S/C10H15ClFN3/c1-6(2)9(13)5-15-10-8(12)3-7(11)4-14-10/h3-4,6,9H,5,13H2,1-2H3,(H,14,15).